The van der Waals surface area contributed by atoms with Crippen LogP contribution in [0.1, 0.15) is 30.0 Å². The molecule has 26 heavy (non-hydrogen) atoms. The van der Waals surface area contributed by atoms with Crippen molar-refractivity contribution in [2.75, 3.05) is 51.4 Å². The molecule has 2 aromatic heterocycles. The van der Waals surface area contributed by atoms with Crippen molar-refractivity contribution in [2.24, 2.45) is 0 Å². The predicted octanol–water partition coefficient (Wildman–Crippen LogP) is 1.42. The molecule has 0 spiro atoms. The average molecular weight is 358 g/mol. The van der Waals surface area contributed by atoms with Crippen molar-refractivity contribution in [3.05, 3.63) is 29.7 Å². The molecule has 0 radical (unpaired) electrons. The third-order valence-corrected chi connectivity index (χ3v) is 5.19. The van der Waals surface area contributed by atoms with E-state index < -0.39 is 0 Å². The number of hydrogen-bond donors (Lipinski definition) is 1. The van der Waals surface area contributed by atoms with Gasteiger partial charge in [-0.2, -0.15) is 10.1 Å². The Kier molecular flexibility index (Phi) is 5.31. The highest BCUT2D eigenvalue weighted by Gasteiger charge is 2.27. The Morgan fingerprint density at radius 3 is 3.04 bits per heavy atom. The molecular weight excluding hydrogens is 332 g/mol. The molecule has 2 saturated heterocycles. The maximum absolute atomic E-state index is 5.45. The van der Waals surface area contributed by atoms with Gasteiger partial charge in [0.05, 0.1) is 26.5 Å². The Bertz CT molecular complexity index is 715. The highest BCUT2D eigenvalue weighted by Crippen LogP contribution is 2.30. The topological polar surface area (TPSA) is 79.4 Å². The first-order valence-corrected chi connectivity index (χ1v) is 9.27. The monoisotopic (exact) mass is 358 g/mol. The van der Waals surface area contributed by atoms with Crippen LogP contribution in [0, 0.1) is 0 Å². The summed E-state index contributed by atoms with van der Waals surface area (Å²) in [6.07, 6.45) is 6.00. The van der Waals surface area contributed by atoms with Crippen molar-refractivity contribution in [3.8, 4) is 5.88 Å². The van der Waals surface area contributed by atoms with E-state index in [-0.39, 0.29) is 0 Å². The molecule has 2 fully saturated rings. The lowest BCUT2D eigenvalue weighted by Crippen LogP contribution is -2.37. The molecule has 2 aliphatic rings. The van der Waals surface area contributed by atoms with Crippen molar-refractivity contribution in [1.82, 2.24) is 25.1 Å². The van der Waals surface area contributed by atoms with Crippen molar-refractivity contribution >= 4 is 5.95 Å². The van der Waals surface area contributed by atoms with Crippen LogP contribution < -0.4 is 9.64 Å². The van der Waals surface area contributed by atoms with E-state index in [2.05, 4.69) is 30.0 Å². The normalized spacial score (nSPS) is 21.7. The SMILES string of the molecule is COc1ccnc(N2CCC[C@@H](c3[nH]ncc3CN3CCOCC3)C2)n1. The number of morpholine rings is 1. The molecule has 2 aromatic rings. The van der Waals surface area contributed by atoms with Gasteiger partial charge >= 0.3 is 0 Å². The maximum atomic E-state index is 5.45. The molecule has 0 amide bonds. The Morgan fingerprint density at radius 2 is 2.19 bits per heavy atom. The first-order chi connectivity index (χ1) is 12.8. The molecule has 0 aromatic carbocycles. The molecule has 4 rings (SSSR count). The van der Waals surface area contributed by atoms with Gasteiger partial charge in [-0.05, 0) is 12.8 Å². The fourth-order valence-corrected chi connectivity index (χ4v) is 3.79. The number of aromatic amines is 1. The zero-order valence-electron chi connectivity index (χ0n) is 15.2. The van der Waals surface area contributed by atoms with Crippen molar-refractivity contribution in [1.29, 1.82) is 0 Å². The number of aromatic nitrogens is 4. The molecule has 8 heteroatoms. The van der Waals surface area contributed by atoms with Crippen LogP contribution in [0.15, 0.2) is 18.5 Å². The second-order valence-electron chi connectivity index (χ2n) is 6.88. The Morgan fingerprint density at radius 1 is 1.31 bits per heavy atom. The van der Waals surface area contributed by atoms with Crippen LogP contribution in [0.2, 0.25) is 0 Å². The van der Waals surface area contributed by atoms with Crippen LogP contribution in [0.3, 0.4) is 0 Å². The largest absolute Gasteiger partial charge is 0.481 e. The predicted molar refractivity (Wildman–Crippen MR) is 97.5 cm³/mol. The smallest absolute Gasteiger partial charge is 0.228 e. The highest BCUT2D eigenvalue weighted by molar-refractivity contribution is 5.35. The molecule has 0 unspecified atom stereocenters. The molecule has 4 heterocycles. The zero-order chi connectivity index (χ0) is 17.8. The number of hydrogen-bond acceptors (Lipinski definition) is 7. The van der Waals surface area contributed by atoms with Gasteiger partial charge < -0.3 is 14.4 Å². The molecular formula is C18H26N6O2. The lowest BCUT2D eigenvalue weighted by Gasteiger charge is -2.33. The highest BCUT2D eigenvalue weighted by atomic mass is 16.5. The van der Waals surface area contributed by atoms with Crippen LogP contribution in [-0.4, -0.2) is 71.6 Å². The summed E-state index contributed by atoms with van der Waals surface area (Å²) >= 11 is 0. The van der Waals surface area contributed by atoms with E-state index in [0.29, 0.717) is 11.8 Å². The first-order valence-electron chi connectivity index (χ1n) is 9.27. The van der Waals surface area contributed by atoms with Crippen molar-refractivity contribution < 1.29 is 9.47 Å². The summed E-state index contributed by atoms with van der Waals surface area (Å²) in [7, 11) is 1.63. The fraction of sp³-hybridized carbons (Fsp3) is 0.611. The van der Waals surface area contributed by atoms with Crippen molar-refractivity contribution in [3.63, 3.8) is 0 Å². The molecule has 140 valence electrons. The van der Waals surface area contributed by atoms with Gasteiger partial charge in [0.1, 0.15) is 0 Å². The number of methoxy groups -OCH3 is 1. The maximum Gasteiger partial charge on any atom is 0.228 e. The van der Waals surface area contributed by atoms with Crippen LogP contribution in [0.25, 0.3) is 0 Å². The van der Waals surface area contributed by atoms with Crippen LogP contribution in [-0.2, 0) is 11.3 Å². The lowest BCUT2D eigenvalue weighted by molar-refractivity contribution is 0.0340. The van der Waals surface area contributed by atoms with Gasteiger partial charge in [-0.15, -0.1) is 0 Å². The minimum absolute atomic E-state index is 0.414. The van der Waals surface area contributed by atoms with Gasteiger partial charge in [0.25, 0.3) is 0 Å². The molecule has 2 aliphatic heterocycles. The summed E-state index contributed by atoms with van der Waals surface area (Å²) in [5.41, 5.74) is 2.55. The van der Waals surface area contributed by atoms with E-state index in [1.54, 1.807) is 19.4 Å². The van der Waals surface area contributed by atoms with Gasteiger partial charge in [-0.1, -0.05) is 0 Å². The number of nitrogens with one attached hydrogen (secondary N) is 1. The first kappa shape index (κ1) is 17.2. The quantitative estimate of drug-likeness (QED) is 0.866. The van der Waals surface area contributed by atoms with E-state index >= 15 is 0 Å². The number of nitrogens with zero attached hydrogens (tertiary/aromatic N) is 5. The molecule has 0 bridgehead atoms. The number of H-pyrrole nitrogens is 1. The average Bonchev–Trinajstić information content (AvgIpc) is 3.17. The Balaban J connectivity index is 1.47. The van der Waals surface area contributed by atoms with E-state index in [9.17, 15) is 0 Å². The summed E-state index contributed by atoms with van der Waals surface area (Å²) in [5, 5.41) is 7.59. The fourth-order valence-electron chi connectivity index (χ4n) is 3.79. The lowest BCUT2D eigenvalue weighted by atomic mass is 9.92. The number of ether oxygens (including phenoxy) is 2. The second kappa shape index (κ2) is 8.01. The standard InChI is InChI=1S/C18H26N6O2/c1-25-16-4-5-19-18(21-16)24-6-2-3-14(13-24)17-15(11-20-22-17)12-23-7-9-26-10-8-23/h4-5,11,14H,2-3,6-10,12-13H2,1H3,(H,20,22)/t14-/m1/s1. The van der Waals surface area contributed by atoms with E-state index in [0.717, 1.165) is 64.7 Å². The van der Waals surface area contributed by atoms with Gasteiger partial charge in [0.15, 0.2) is 0 Å². The summed E-state index contributed by atoms with van der Waals surface area (Å²) < 4.78 is 10.7. The summed E-state index contributed by atoms with van der Waals surface area (Å²) in [6.45, 7) is 6.40. The number of anilines is 1. The van der Waals surface area contributed by atoms with E-state index in [1.165, 1.54) is 11.3 Å². The number of rotatable bonds is 5. The molecule has 0 aliphatic carbocycles. The summed E-state index contributed by atoms with van der Waals surface area (Å²) in [5.74, 6) is 1.76. The minimum atomic E-state index is 0.414. The molecule has 8 nitrogen and oxygen atoms in total. The zero-order valence-corrected chi connectivity index (χ0v) is 15.2. The summed E-state index contributed by atoms with van der Waals surface area (Å²) in [6, 6.07) is 1.78. The van der Waals surface area contributed by atoms with E-state index in [1.807, 2.05) is 6.20 Å². The molecule has 0 saturated carbocycles. The van der Waals surface area contributed by atoms with Crippen LogP contribution in [0.5, 0.6) is 5.88 Å². The van der Waals surface area contributed by atoms with Crippen LogP contribution >= 0.6 is 0 Å². The van der Waals surface area contributed by atoms with Gasteiger partial charge in [-0.3, -0.25) is 10.00 Å². The van der Waals surface area contributed by atoms with Gasteiger partial charge in [0, 0.05) is 62.2 Å². The number of piperidine rings is 1. The third kappa shape index (κ3) is 3.81. The Hall–Kier alpha value is -2.19. The summed E-state index contributed by atoms with van der Waals surface area (Å²) in [4.78, 5) is 13.6. The molecule has 1 atom stereocenters. The Labute approximate surface area is 153 Å². The third-order valence-electron chi connectivity index (χ3n) is 5.19. The second-order valence-corrected chi connectivity index (χ2v) is 6.88. The van der Waals surface area contributed by atoms with E-state index in [4.69, 9.17) is 9.47 Å². The van der Waals surface area contributed by atoms with Crippen molar-refractivity contribution in [2.45, 2.75) is 25.3 Å². The minimum Gasteiger partial charge on any atom is -0.481 e. The van der Waals surface area contributed by atoms with Gasteiger partial charge in [-0.25, -0.2) is 4.98 Å². The van der Waals surface area contributed by atoms with Crippen LogP contribution in [0.4, 0.5) is 5.95 Å². The van der Waals surface area contributed by atoms with Gasteiger partial charge in [0.2, 0.25) is 11.8 Å². The molecule has 1 N–H and O–H groups in total.